The van der Waals surface area contributed by atoms with E-state index in [1.54, 1.807) is 0 Å². The summed E-state index contributed by atoms with van der Waals surface area (Å²) in [6.07, 6.45) is 2.50. The SMILES string of the molecule is Cc1ccc2[nH]c3c4c(ccc3c2c1)OC1(C)CC4C2CC1C2(C)C. The van der Waals surface area contributed by atoms with E-state index in [4.69, 9.17) is 4.74 Å². The molecule has 4 bridgehead atoms. The molecule has 2 nitrogen and oxygen atoms in total. The summed E-state index contributed by atoms with van der Waals surface area (Å²) in [5.74, 6) is 3.22. The van der Waals surface area contributed by atoms with E-state index in [0.717, 1.165) is 11.7 Å². The highest BCUT2D eigenvalue weighted by Crippen LogP contribution is 2.71. The van der Waals surface area contributed by atoms with Crippen molar-refractivity contribution in [1.29, 1.82) is 0 Å². The van der Waals surface area contributed by atoms with Crippen molar-refractivity contribution in [3.8, 4) is 5.75 Å². The van der Waals surface area contributed by atoms with Gasteiger partial charge in [-0.2, -0.15) is 0 Å². The Morgan fingerprint density at radius 1 is 1.08 bits per heavy atom. The van der Waals surface area contributed by atoms with Crippen LogP contribution in [-0.2, 0) is 0 Å². The van der Waals surface area contributed by atoms with Crippen LogP contribution in [0.15, 0.2) is 30.3 Å². The van der Waals surface area contributed by atoms with E-state index in [1.165, 1.54) is 45.8 Å². The molecule has 4 aliphatic rings. The Hall–Kier alpha value is -1.96. The molecule has 3 saturated carbocycles. The maximum Gasteiger partial charge on any atom is 0.125 e. The fraction of sp³-hybridized carbons (Fsp3) is 0.478. The van der Waals surface area contributed by atoms with E-state index in [2.05, 4.69) is 63.0 Å². The molecule has 25 heavy (non-hydrogen) atoms. The van der Waals surface area contributed by atoms with Gasteiger partial charge in [0.05, 0.1) is 5.52 Å². The van der Waals surface area contributed by atoms with Crippen LogP contribution in [0.2, 0.25) is 0 Å². The number of aromatic amines is 1. The lowest BCUT2D eigenvalue weighted by Crippen LogP contribution is -2.66. The monoisotopic (exact) mass is 331 g/mol. The molecule has 7 rings (SSSR count). The number of benzene rings is 2. The topological polar surface area (TPSA) is 25.0 Å². The predicted octanol–water partition coefficient (Wildman–Crippen LogP) is 5.93. The molecule has 1 N–H and O–H groups in total. The minimum absolute atomic E-state index is 0.00615. The molecular formula is C23H25NO. The molecule has 2 heterocycles. The highest BCUT2D eigenvalue weighted by atomic mass is 16.5. The third kappa shape index (κ3) is 1.53. The molecule has 2 heteroatoms. The average Bonchev–Trinajstić information content (AvgIpc) is 2.90. The molecule has 0 radical (unpaired) electrons. The van der Waals surface area contributed by atoms with E-state index in [9.17, 15) is 0 Å². The number of rotatable bonds is 0. The fourth-order valence-corrected chi connectivity index (χ4v) is 6.61. The van der Waals surface area contributed by atoms with Gasteiger partial charge in [-0.05, 0) is 68.2 Å². The summed E-state index contributed by atoms with van der Waals surface area (Å²) < 4.78 is 6.68. The van der Waals surface area contributed by atoms with E-state index in [-0.39, 0.29) is 5.60 Å². The second kappa shape index (κ2) is 4.06. The van der Waals surface area contributed by atoms with Crippen molar-refractivity contribution < 1.29 is 4.74 Å². The van der Waals surface area contributed by atoms with Gasteiger partial charge < -0.3 is 9.72 Å². The van der Waals surface area contributed by atoms with Crippen LogP contribution in [0, 0.1) is 24.2 Å². The summed E-state index contributed by atoms with van der Waals surface area (Å²) in [4.78, 5) is 3.73. The smallest absolute Gasteiger partial charge is 0.125 e. The minimum atomic E-state index is 0.00615. The number of aryl methyl sites for hydroxylation is 1. The summed E-state index contributed by atoms with van der Waals surface area (Å²) in [5, 5.41) is 2.69. The van der Waals surface area contributed by atoms with Crippen LogP contribution < -0.4 is 4.74 Å². The molecule has 3 fully saturated rings. The van der Waals surface area contributed by atoms with Gasteiger partial charge in [0.25, 0.3) is 0 Å². The van der Waals surface area contributed by atoms with E-state index < -0.39 is 0 Å². The summed E-state index contributed by atoms with van der Waals surface area (Å²) in [6.45, 7) is 9.44. The van der Waals surface area contributed by atoms with Crippen LogP contribution in [0.4, 0.5) is 0 Å². The van der Waals surface area contributed by atoms with Gasteiger partial charge in [-0.25, -0.2) is 0 Å². The lowest BCUT2D eigenvalue weighted by atomic mass is 9.40. The molecule has 0 spiro atoms. The number of aromatic nitrogens is 1. The zero-order valence-electron chi connectivity index (χ0n) is 15.4. The van der Waals surface area contributed by atoms with E-state index in [1.807, 2.05) is 0 Å². The first kappa shape index (κ1) is 14.2. The van der Waals surface area contributed by atoms with Crippen LogP contribution in [-0.4, -0.2) is 10.6 Å². The normalized spacial score (nSPS) is 34.5. The molecule has 4 unspecified atom stereocenters. The molecule has 1 aliphatic heterocycles. The second-order valence-corrected chi connectivity index (χ2v) is 9.52. The maximum absolute atomic E-state index is 6.68. The zero-order chi connectivity index (χ0) is 17.1. The second-order valence-electron chi connectivity index (χ2n) is 9.52. The standard InChI is InChI=1S/C23H25NO/c1-12-5-7-17-14(9-12)13-6-8-18-20(21(13)24-17)15-11-23(4,25-18)19-10-16(15)22(19,2)3/h5-9,15-16,19,24H,10-11H2,1-4H3. The maximum atomic E-state index is 6.68. The van der Waals surface area contributed by atoms with Crippen molar-refractivity contribution in [3.63, 3.8) is 0 Å². The van der Waals surface area contributed by atoms with Crippen LogP contribution in [0.3, 0.4) is 0 Å². The Morgan fingerprint density at radius 2 is 1.92 bits per heavy atom. The minimum Gasteiger partial charge on any atom is -0.487 e. The van der Waals surface area contributed by atoms with Crippen LogP contribution in [0.25, 0.3) is 21.8 Å². The van der Waals surface area contributed by atoms with Gasteiger partial charge in [-0.15, -0.1) is 0 Å². The molecule has 1 aromatic heterocycles. The van der Waals surface area contributed by atoms with Crippen molar-refractivity contribution in [2.75, 3.05) is 0 Å². The van der Waals surface area contributed by atoms with Gasteiger partial charge in [0.1, 0.15) is 11.4 Å². The molecule has 3 aromatic rings. The first-order valence-corrected chi connectivity index (χ1v) is 9.62. The summed E-state index contributed by atoms with van der Waals surface area (Å²) >= 11 is 0. The van der Waals surface area contributed by atoms with Gasteiger partial charge in [0, 0.05) is 27.8 Å². The summed E-state index contributed by atoms with van der Waals surface area (Å²) in [7, 11) is 0. The Labute approximate surface area is 148 Å². The quantitative estimate of drug-likeness (QED) is 0.542. The molecule has 0 saturated heterocycles. The van der Waals surface area contributed by atoms with E-state index >= 15 is 0 Å². The Balaban J connectivity index is 1.67. The summed E-state index contributed by atoms with van der Waals surface area (Å²) in [5.41, 5.74) is 5.71. The van der Waals surface area contributed by atoms with Gasteiger partial charge in [-0.3, -0.25) is 0 Å². The molecule has 0 amide bonds. The van der Waals surface area contributed by atoms with Crippen LogP contribution >= 0.6 is 0 Å². The van der Waals surface area contributed by atoms with Crippen molar-refractivity contribution in [2.45, 2.75) is 52.1 Å². The number of nitrogens with one attached hydrogen (secondary N) is 1. The number of H-pyrrole nitrogens is 1. The van der Waals surface area contributed by atoms with Gasteiger partial charge >= 0.3 is 0 Å². The lowest BCUT2D eigenvalue weighted by molar-refractivity contribution is -0.202. The summed E-state index contributed by atoms with van der Waals surface area (Å²) in [6, 6.07) is 11.2. The fourth-order valence-electron chi connectivity index (χ4n) is 6.61. The average molecular weight is 331 g/mol. The predicted molar refractivity (Wildman–Crippen MR) is 102 cm³/mol. The Kier molecular flexibility index (Phi) is 2.31. The Morgan fingerprint density at radius 3 is 2.72 bits per heavy atom. The lowest BCUT2D eigenvalue weighted by Gasteiger charge is -2.68. The van der Waals surface area contributed by atoms with Crippen LogP contribution in [0.1, 0.15) is 50.7 Å². The number of hydrogen-bond acceptors (Lipinski definition) is 1. The highest BCUT2D eigenvalue weighted by molar-refractivity contribution is 6.09. The number of fused-ring (bicyclic) bond motifs is 5. The van der Waals surface area contributed by atoms with E-state index in [0.29, 0.717) is 17.3 Å². The zero-order valence-corrected chi connectivity index (χ0v) is 15.4. The molecule has 3 aliphatic carbocycles. The Bertz CT molecular complexity index is 1060. The van der Waals surface area contributed by atoms with Crippen molar-refractivity contribution in [1.82, 2.24) is 4.98 Å². The molecule has 2 aromatic carbocycles. The number of ether oxygens (including phenoxy) is 1. The number of hydrogen-bond donors (Lipinski definition) is 1. The van der Waals surface area contributed by atoms with Crippen molar-refractivity contribution in [2.24, 2.45) is 17.3 Å². The highest BCUT2D eigenvalue weighted by Gasteiger charge is 2.66. The molecule has 4 atom stereocenters. The van der Waals surface area contributed by atoms with Crippen LogP contribution in [0.5, 0.6) is 5.75 Å². The first-order chi connectivity index (χ1) is 11.9. The third-order valence-corrected chi connectivity index (χ3v) is 7.84. The molecule has 128 valence electrons. The molecular weight excluding hydrogens is 306 g/mol. The van der Waals surface area contributed by atoms with Crippen molar-refractivity contribution in [3.05, 3.63) is 41.5 Å². The first-order valence-electron chi connectivity index (χ1n) is 9.62. The van der Waals surface area contributed by atoms with Crippen molar-refractivity contribution >= 4 is 21.8 Å². The van der Waals surface area contributed by atoms with Gasteiger partial charge in [-0.1, -0.05) is 25.5 Å². The largest absolute Gasteiger partial charge is 0.487 e. The van der Waals surface area contributed by atoms with Gasteiger partial charge in [0.2, 0.25) is 0 Å². The van der Waals surface area contributed by atoms with Gasteiger partial charge in [0.15, 0.2) is 0 Å². The third-order valence-electron chi connectivity index (χ3n) is 7.84.